The molecular formula is C83H70Cl7F5N10O3. The number of carbonyl (C=O) groups is 3. The third kappa shape index (κ3) is 17.5. The Hall–Kier alpha value is -8.55. The molecule has 3 aromatic heterocycles. The van der Waals surface area contributed by atoms with Crippen molar-refractivity contribution in [3.8, 4) is 6.07 Å². The van der Waals surface area contributed by atoms with E-state index in [1.54, 1.807) is 87.5 Å². The van der Waals surface area contributed by atoms with Crippen molar-refractivity contribution in [1.82, 2.24) is 29.7 Å². The molecule has 0 unspecified atom stereocenters. The number of aromatic nitrogens is 3. The number of halogens is 12. The molecule has 6 aromatic carbocycles. The van der Waals surface area contributed by atoms with Crippen molar-refractivity contribution in [2.24, 2.45) is 0 Å². The molecule has 0 radical (unpaired) electrons. The van der Waals surface area contributed by atoms with Crippen LogP contribution in [0.5, 0.6) is 0 Å². The second kappa shape index (κ2) is 33.3. The SMILES string of the molecule is N#Cc1ccc(/C=C/CN2CCC3(CC2)CN(C(=O)c2ccnc(Cl)c2)c2ccc(F)cc23)cc1.O=C(c1ccnc(Cl)c1)N1CC2(CCN(C/C=C/c3ccc(Cl)cc3Cl)CC2)c2cc(C(F)(F)F)ccc21.O=C(c1ccnc(Cl)c1)N1CC2(CCN(C/C=C/c3ccc(Cl)cc3Cl)CC2)c2cc(F)ccc21. The Bertz CT molecular complexity index is 5010. The largest absolute Gasteiger partial charge is 0.416 e. The molecule has 3 spiro atoms. The monoisotopic (exact) mass is 1590 g/mol. The van der Waals surface area contributed by atoms with Crippen LogP contribution in [0, 0.1) is 23.0 Å². The molecule has 15 rings (SSSR count). The second-order valence-corrected chi connectivity index (χ2v) is 30.7. The highest BCUT2D eigenvalue weighted by atomic mass is 35.5. The minimum Gasteiger partial charge on any atom is -0.307 e. The smallest absolute Gasteiger partial charge is 0.307 e. The zero-order chi connectivity index (χ0) is 76.1. The van der Waals surface area contributed by atoms with Crippen molar-refractivity contribution in [1.29, 1.82) is 5.26 Å². The van der Waals surface area contributed by atoms with Crippen molar-refractivity contribution in [3.05, 3.63) is 297 Å². The predicted molar refractivity (Wildman–Crippen MR) is 420 cm³/mol. The number of nitrogens with zero attached hydrogens (tertiary/aromatic N) is 10. The van der Waals surface area contributed by atoms with Crippen LogP contribution in [0.15, 0.2) is 188 Å². The van der Waals surface area contributed by atoms with Gasteiger partial charge in [0.15, 0.2) is 0 Å². The number of anilines is 3. The summed E-state index contributed by atoms with van der Waals surface area (Å²) in [4.78, 5) is 64.1. The number of amides is 3. The van der Waals surface area contributed by atoms with Crippen LogP contribution in [-0.4, -0.2) is 126 Å². The zero-order valence-corrected chi connectivity index (χ0v) is 63.4. The Morgan fingerprint density at radius 1 is 0.435 bits per heavy atom. The predicted octanol–water partition coefficient (Wildman–Crippen LogP) is 20.1. The number of hydrogen-bond donors (Lipinski definition) is 0. The highest BCUT2D eigenvalue weighted by Gasteiger charge is 2.50. The Balaban J connectivity index is 0.000000143. The minimum absolute atomic E-state index is 0.146. The van der Waals surface area contributed by atoms with Crippen LogP contribution in [0.3, 0.4) is 0 Å². The standard InChI is InChI=1S/C28H23Cl3F3N3O.C28H24ClFN4O.C27H23Cl3FN3O/c29-21-5-3-18(23(30)16-21)2-1-11-36-12-8-27(9-13-36)17-37(26(38)19-7-10-35-25(31)14-19)24-6-4-20(15-22(24)27)28(32,33)34;29-26-16-22(9-12-32-26)27(35)34-19-28(24-17-23(30)7-8-25(24)34)10-14-33(15-11-28)13-1-2-20-3-5-21(18-31)6-4-20;28-20-4-3-18(23(29)15-20)2-1-11-33-12-8-27(9-13-33)17-34(24-6-5-21(31)16-22(24)27)26(35)19-7-10-32-25(30)14-19/h1-7,10,14-16H,8-9,11-13,17H2;1-9,12,16-17H,10-11,13-15,19H2;1-7,10,14-16H,8-9,11-13,17H2/b3*2-1+. The topological polar surface area (TPSA) is 133 Å². The third-order valence-corrected chi connectivity index (χ3v) is 23.0. The first-order valence-electron chi connectivity index (χ1n) is 35.1. The van der Waals surface area contributed by atoms with Gasteiger partial charge in [0, 0.05) is 128 Å². The maximum Gasteiger partial charge on any atom is 0.416 e. The lowest BCUT2D eigenvalue weighted by molar-refractivity contribution is -0.137. The molecule has 6 aliphatic rings. The highest BCUT2D eigenvalue weighted by molar-refractivity contribution is 6.36. The van der Waals surface area contributed by atoms with Crippen LogP contribution in [0.2, 0.25) is 35.5 Å². The number of likely N-dealkylation sites (tertiary alicyclic amines) is 3. The number of carbonyl (C=O) groups excluding carboxylic acids is 3. The summed E-state index contributed by atoms with van der Waals surface area (Å²) in [7, 11) is 0. The van der Waals surface area contributed by atoms with Crippen molar-refractivity contribution < 1.29 is 36.3 Å². The van der Waals surface area contributed by atoms with E-state index in [2.05, 4.69) is 53.9 Å². The molecular weight excluding hydrogens is 1530 g/mol. The van der Waals surface area contributed by atoms with Gasteiger partial charge in [0.05, 0.1) is 17.2 Å². The molecule has 13 nitrogen and oxygen atoms in total. The molecule has 9 aromatic rings. The van der Waals surface area contributed by atoms with Crippen molar-refractivity contribution in [2.45, 2.75) is 60.9 Å². The summed E-state index contributed by atoms with van der Waals surface area (Å²) in [5.74, 6) is -1.17. The third-order valence-electron chi connectivity index (χ3n) is 21.3. The lowest BCUT2D eigenvalue weighted by Gasteiger charge is -2.39. The van der Waals surface area contributed by atoms with E-state index >= 15 is 0 Å². The average molecular weight is 1600 g/mol. The van der Waals surface area contributed by atoms with Gasteiger partial charge in [-0.1, -0.05) is 142 Å². The summed E-state index contributed by atoms with van der Waals surface area (Å²) in [6.07, 6.45) is 16.9. The van der Waals surface area contributed by atoms with Crippen LogP contribution < -0.4 is 14.7 Å². The molecule has 3 saturated heterocycles. The lowest BCUT2D eigenvalue weighted by atomic mass is 9.74. The molecule has 9 heterocycles. The fourth-order valence-corrected chi connectivity index (χ4v) is 16.9. The van der Waals surface area contributed by atoms with E-state index in [1.165, 1.54) is 48.9 Å². The molecule has 25 heteroatoms. The van der Waals surface area contributed by atoms with E-state index in [4.69, 9.17) is 86.5 Å². The highest BCUT2D eigenvalue weighted by Crippen LogP contribution is 2.52. The number of pyridine rings is 3. The molecule has 0 aliphatic carbocycles. The first-order chi connectivity index (χ1) is 51.9. The van der Waals surface area contributed by atoms with Gasteiger partial charge in [-0.25, -0.2) is 23.7 Å². The first kappa shape index (κ1) is 77.6. The number of nitriles is 1. The fraction of sp³-hybridized carbons (Fsp3) is 0.265. The van der Waals surface area contributed by atoms with E-state index < -0.39 is 17.2 Å². The van der Waals surface area contributed by atoms with E-state index in [0.29, 0.717) is 106 Å². The van der Waals surface area contributed by atoms with E-state index in [9.17, 15) is 36.3 Å². The molecule has 0 bridgehead atoms. The van der Waals surface area contributed by atoms with E-state index in [-0.39, 0.29) is 55.6 Å². The van der Waals surface area contributed by atoms with Crippen molar-refractivity contribution >= 4 is 134 Å². The summed E-state index contributed by atoms with van der Waals surface area (Å²) in [5, 5.41) is 12.0. The molecule has 3 fully saturated rings. The number of hydrogen-bond acceptors (Lipinski definition) is 10. The Labute approximate surface area is 658 Å². The lowest BCUT2D eigenvalue weighted by Crippen LogP contribution is -2.46. The summed E-state index contributed by atoms with van der Waals surface area (Å²) >= 11 is 42.5. The molecule has 554 valence electrons. The van der Waals surface area contributed by atoms with Crippen LogP contribution >= 0.6 is 81.2 Å². The molecule has 108 heavy (non-hydrogen) atoms. The van der Waals surface area contributed by atoms with E-state index in [1.807, 2.05) is 60.7 Å². The first-order valence-corrected chi connectivity index (χ1v) is 37.7. The number of rotatable bonds is 12. The molecule has 3 amide bonds. The van der Waals surface area contributed by atoms with Crippen LogP contribution in [-0.2, 0) is 22.4 Å². The number of piperidine rings is 3. The number of fused-ring (bicyclic) bond motifs is 6. The second-order valence-electron chi connectivity index (χ2n) is 27.8. The molecule has 6 aliphatic heterocycles. The number of benzene rings is 6. The number of alkyl halides is 3. The van der Waals surface area contributed by atoms with Crippen LogP contribution in [0.4, 0.5) is 39.0 Å². The van der Waals surface area contributed by atoms with Crippen LogP contribution in [0.1, 0.15) is 114 Å². The summed E-state index contributed by atoms with van der Waals surface area (Å²) in [5.41, 5.74) is 7.44. The van der Waals surface area contributed by atoms with Gasteiger partial charge < -0.3 is 14.7 Å². The molecule has 0 N–H and O–H groups in total. The van der Waals surface area contributed by atoms with Gasteiger partial charge in [-0.05, 0) is 239 Å². The van der Waals surface area contributed by atoms with E-state index in [0.717, 1.165) is 110 Å². The van der Waals surface area contributed by atoms with Gasteiger partial charge in [-0.15, -0.1) is 0 Å². The zero-order valence-electron chi connectivity index (χ0n) is 58.1. The van der Waals surface area contributed by atoms with Gasteiger partial charge in [-0.2, -0.15) is 18.4 Å². The van der Waals surface area contributed by atoms with Gasteiger partial charge in [0.25, 0.3) is 17.7 Å². The maximum atomic E-state index is 14.3. The Morgan fingerprint density at radius 3 is 1.13 bits per heavy atom. The minimum atomic E-state index is -4.47. The van der Waals surface area contributed by atoms with Crippen molar-refractivity contribution in [2.75, 3.05) is 93.2 Å². The maximum absolute atomic E-state index is 14.3. The van der Waals surface area contributed by atoms with Gasteiger partial charge in [0.2, 0.25) is 0 Å². The quantitative estimate of drug-likeness (QED) is 0.0860. The molecule has 0 saturated carbocycles. The summed E-state index contributed by atoms with van der Waals surface area (Å²) in [6, 6.07) is 43.0. The van der Waals surface area contributed by atoms with Gasteiger partial charge in [0.1, 0.15) is 27.1 Å². The Kier molecular flexibility index (Phi) is 24.0. The fourth-order valence-electron chi connectivity index (χ4n) is 15.5. The summed E-state index contributed by atoms with van der Waals surface area (Å²) < 4.78 is 69.5. The van der Waals surface area contributed by atoms with Gasteiger partial charge >= 0.3 is 6.18 Å². The van der Waals surface area contributed by atoms with Crippen LogP contribution in [0.25, 0.3) is 18.2 Å². The Morgan fingerprint density at radius 2 is 0.787 bits per heavy atom. The van der Waals surface area contributed by atoms with Gasteiger partial charge in [-0.3, -0.25) is 29.1 Å². The molecule has 0 atom stereocenters. The summed E-state index contributed by atoms with van der Waals surface area (Å²) in [6.45, 7) is 8.38. The normalized spacial score (nSPS) is 17.2. The van der Waals surface area contributed by atoms with Crippen molar-refractivity contribution in [3.63, 3.8) is 0 Å². The average Bonchev–Trinajstić information content (AvgIpc) is 1.61.